The van der Waals surface area contributed by atoms with Gasteiger partial charge in [-0.05, 0) is 38.0 Å². The van der Waals surface area contributed by atoms with Gasteiger partial charge in [-0.2, -0.15) is 0 Å². The molecular weight excluding hydrogens is 326 g/mol. The maximum atomic E-state index is 13.8. The van der Waals surface area contributed by atoms with Gasteiger partial charge in [0.05, 0.1) is 17.8 Å². The van der Waals surface area contributed by atoms with Crippen molar-refractivity contribution in [3.05, 3.63) is 47.8 Å². The number of nitrogens with one attached hydrogen (secondary N) is 1. The molecule has 1 aliphatic rings. The molecule has 4 rings (SSSR count). The Morgan fingerprint density at radius 1 is 1.32 bits per heavy atom. The van der Waals surface area contributed by atoms with Crippen molar-refractivity contribution in [2.45, 2.75) is 26.4 Å². The lowest BCUT2D eigenvalue weighted by Crippen LogP contribution is -2.16. The van der Waals surface area contributed by atoms with Gasteiger partial charge in [-0.15, -0.1) is 0 Å². The normalized spacial score (nSPS) is 19.2. The molecule has 1 aliphatic carbocycles. The summed E-state index contributed by atoms with van der Waals surface area (Å²) in [6.45, 7) is 3.52. The number of halogens is 2. The Kier molecular flexibility index (Phi) is 3.52. The van der Waals surface area contributed by atoms with Crippen LogP contribution in [0.5, 0.6) is 0 Å². The number of carbonyl (C=O) groups excluding carboxylic acids is 1. The van der Waals surface area contributed by atoms with Gasteiger partial charge in [0.15, 0.2) is 5.82 Å². The van der Waals surface area contributed by atoms with Crippen LogP contribution in [0.4, 0.5) is 14.6 Å². The number of imidazole rings is 1. The van der Waals surface area contributed by atoms with Crippen molar-refractivity contribution >= 4 is 17.4 Å². The molecule has 128 valence electrons. The molecule has 25 heavy (non-hydrogen) atoms. The number of fused-ring (bicyclic) bond motifs is 1. The summed E-state index contributed by atoms with van der Waals surface area (Å²) in [5.74, 6) is -0.862. The molecule has 0 aromatic carbocycles. The molecule has 1 fully saturated rings. The quantitative estimate of drug-likeness (QED) is 0.793. The molecular formula is C18H16F2N4O. The molecule has 1 saturated carbocycles. The van der Waals surface area contributed by atoms with E-state index in [0.717, 1.165) is 11.3 Å². The van der Waals surface area contributed by atoms with Gasteiger partial charge < -0.3 is 9.72 Å². The number of hydrogen-bond donors (Lipinski definition) is 1. The maximum absolute atomic E-state index is 13.8. The number of aryl methyl sites for hydroxylation is 1. The third-order valence-electron chi connectivity index (χ3n) is 4.61. The minimum Gasteiger partial charge on any atom is -0.309 e. The number of rotatable bonds is 3. The number of nitrogens with zero attached hydrogens (tertiary/aromatic N) is 3. The second-order valence-corrected chi connectivity index (χ2v) is 6.33. The van der Waals surface area contributed by atoms with Crippen LogP contribution in [0.3, 0.4) is 0 Å². The highest BCUT2D eigenvalue weighted by Gasteiger charge is 2.44. The predicted molar refractivity (Wildman–Crippen MR) is 89.5 cm³/mol. The van der Waals surface area contributed by atoms with Crippen LogP contribution >= 0.6 is 0 Å². The summed E-state index contributed by atoms with van der Waals surface area (Å²) in [5.41, 5.74) is 3.37. The van der Waals surface area contributed by atoms with Gasteiger partial charge in [-0.3, -0.25) is 9.78 Å². The molecule has 0 aliphatic heterocycles. The monoisotopic (exact) mass is 342 g/mol. The highest BCUT2D eigenvalue weighted by Crippen LogP contribution is 2.35. The molecule has 0 unspecified atom stereocenters. The Hall–Kier alpha value is -2.83. The van der Waals surface area contributed by atoms with Crippen LogP contribution in [0.25, 0.3) is 16.8 Å². The van der Waals surface area contributed by atoms with Crippen LogP contribution < -0.4 is 5.32 Å². The summed E-state index contributed by atoms with van der Waals surface area (Å²) in [4.78, 5) is 20.2. The highest BCUT2D eigenvalue weighted by atomic mass is 19.1. The Morgan fingerprint density at radius 2 is 2.08 bits per heavy atom. The van der Waals surface area contributed by atoms with Crippen molar-refractivity contribution in [1.29, 1.82) is 0 Å². The summed E-state index contributed by atoms with van der Waals surface area (Å²) in [6, 6.07) is 3.62. The van der Waals surface area contributed by atoms with Gasteiger partial charge in [-0.1, -0.05) is 0 Å². The van der Waals surface area contributed by atoms with Crippen LogP contribution in [0.2, 0.25) is 0 Å². The number of hydrogen-bond acceptors (Lipinski definition) is 3. The summed E-state index contributed by atoms with van der Waals surface area (Å²) in [5, 5.41) is 2.69. The predicted octanol–water partition coefficient (Wildman–Crippen LogP) is 3.45. The Morgan fingerprint density at radius 3 is 2.80 bits per heavy atom. The first kappa shape index (κ1) is 15.7. The van der Waals surface area contributed by atoms with E-state index in [2.05, 4.69) is 15.3 Å². The lowest BCUT2D eigenvalue weighted by molar-refractivity contribution is -0.117. The zero-order valence-corrected chi connectivity index (χ0v) is 13.8. The van der Waals surface area contributed by atoms with Crippen molar-refractivity contribution in [3.8, 4) is 11.1 Å². The van der Waals surface area contributed by atoms with E-state index in [9.17, 15) is 13.6 Å². The fraction of sp³-hybridized carbons (Fsp3) is 0.278. The average Bonchev–Trinajstić information content (AvgIpc) is 3.25. The maximum Gasteiger partial charge on any atom is 0.231 e. The smallest absolute Gasteiger partial charge is 0.231 e. The van der Waals surface area contributed by atoms with E-state index >= 15 is 0 Å². The molecule has 0 radical (unpaired) electrons. The Bertz CT molecular complexity index is 998. The largest absolute Gasteiger partial charge is 0.309 e. The van der Waals surface area contributed by atoms with Gasteiger partial charge in [0.25, 0.3) is 0 Å². The van der Waals surface area contributed by atoms with E-state index in [0.29, 0.717) is 22.6 Å². The minimum atomic E-state index is -1.05. The standard InChI is InChI=1S/C18H16F2N4O/c1-9-13(6-21-7-15(9)20)11-3-4-16-22-17(10(2)24(16)8-11)23-18(25)12-5-14(12)19/h3-4,6-8,12,14H,5H2,1-2H3,(H,23,25)/t12-,14+/m1/s1. The summed E-state index contributed by atoms with van der Waals surface area (Å²) in [6.07, 6.45) is 3.85. The van der Waals surface area contributed by atoms with Crippen LogP contribution in [0.1, 0.15) is 17.7 Å². The van der Waals surface area contributed by atoms with Gasteiger partial charge in [0.2, 0.25) is 5.91 Å². The number of alkyl halides is 1. The molecule has 0 saturated heterocycles. The second-order valence-electron chi connectivity index (χ2n) is 6.33. The van der Waals surface area contributed by atoms with E-state index in [1.807, 2.05) is 23.6 Å². The lowest BCUT2D eigenvalue weighted by Gasteiger charge is -2.07. The summed E-state index contributed by atoms with van der Waals surface area (Å²) in [7, 11) is 0. The highest BCUT2D eigenvalue weighted by molar-refractivity contribution is 5.94. The molecule has 1 N–H and O–H groups in total. The molecule has 5 nitrogen and oxygen atoms in total. The third kappa shape index (κ3) is 2.65. The zero-order chi connectivity index (χ0) is 17.7. The molecule has 2 atom stereocenters. The van der Waals surface area contributed by atoms with Crippen LogP contribution in [-0.2, 0) is 4.79 Å². The van der Waals surface area contributed by atoms with Crippen molar-refractivity contribution in [2.75, 3.05) is 5.32 Å². The van der Waals surface area contributed by atoms with Gasteiger partial charge >= 0.3 is 0 Å². The SMILES string of the molecule is Cc1c(F)cncc1-c1ccc2nc(NC(=O)[C@@H]3C[C@@H]3F)c(C)n2c1. The van der Waals surface area contributed by atoms with Gasteiger partial charge in [0, 0.05) is 23.5 Å². The molecule has 0 bridgehead atoms. The number of amides is 1. The van der Waals surface area contributed by atoms with E-state index in [-0.39, 0.29) is 18.1 Å². The average molecular weight is 342 g/mol. The number of carbonyl (C=O) groups is 1. The van der Waals surface area contributed by atoms with Gasteiger partial charge in [-0.25, -0.2) is 13.8 Å². The first-order valence-electron chi connectivity index (χ1n) is 8.00. The van der Waals surface area contributed by atoms with E-state index < -0.39 is 12.1 Å². The number of aromatic nitrogens is 3. The van der Waals surface area contributed by atoms with Crippen LogP contribution in [-0.4, -0.2) is 26.4 Å². The molecule has 0 spiro atoms. The van der Waals surface area contributed by atoms with Crippen molar-refractivity contribution < 1.29 is 13.6 Å². The van der Waals surface area contributed by atoms with Crippen molar-refractivity contribution in [2.24, 2.45) is 5.92 Å². The third-order valence-corrected chi connectivity index (χ3v) is 4.61. The Labute approximate surface area is 142 Å². The molecule has 3 aromatic rings. The van der Waals surface area contributed by atoms with E-state index in [1.54, 1.807) is 19.2 Å². The van der Waals surface area contributed by atoms with Crippen LogP contribution in [0, 0.1) is 25.6 Å². The summed E-state index contributed by atoms with van der Waals surface area (Å²) < 4.78 is 28.6. The van der Waals surface area contributed by atoms with Crippen molar-refractivity contribution in [1.82, 2.24) is 14.4 Å². The first-order valence-corrected chi connectivity index (χ1v) is 8.00. The minimum absolute atomic E-state index is 0.272. The molecule has 1 amide bonds. The summed E-state index contributed by atoms with van der Waals surface area (Å²) >= 11 is 0. The molecule has 3 aromatic heterocycles. The van der Waals surface area contributed by atoms with E-state index in [4.69, 9.17) is 0 Å². The topological polar surface area (TPSA) is 59.3 Å². The molecule has 3 heterocycles. The zero-order valence-electron chi connectivity index (χ0n) is 13.8. The fourth-order valence-electron chi connectivity index (χ4n) is 2.88. The van der Waals surface area contributed by atoms with E-state index in [1.165, 1.54) is 6.20 Å². The fourth-order valence-corrected chi connectivity index (χ4v) is 2.88. The number of pyridine rings is 2. The Balaban J connectivity index is 1.72. The molecule has 7 heteroatoms. The first-order chi connectivity index (χ1) is 12.0. The van der Waals surface area contributed by atoms with Crippen LogP contribution in [0.15, 0.2) is 30.7 Å². The van der Waals surface area contributed by atoms with Gasteiger partial charge in [0.1, 0.15) is 17.6 Å². The van der Waals surface area contributed by atoms with Crippen molar-refractivity contribution in [3.63, 3.8) is 0 Å². The number of anilines is 1. The lowest BCUT2D eigenvalue weighted by atomic mass is 10.0. The second kappa shape index (κ2) is 5.61.